The molecule has 2 rings (SSSR count). The van der Waals surface area contributed by atoms with Gasteiger partial charge in [-0.05, 0) is 36.2 Å². The van der Waals surface area contributed by atoms with Gasteiger partial charge in [-0.2, -0.15) is 5.26 Å². The minimum absolute atomic E-state index is 0.0100. The first-order valence-corrected chi connectivity index (χ1v) is 8.41. The number of benzene rings is 2. The van der Waals surface area contributed by atoms with Crippen LogP contribution >= 0.6 is 27.5 Å². The quantitative estimate of drug-likeness (QED) is 0.429. The van der Waals surface area contributed by atoms with Gasteiger partial charge in [-0.25, -0.2) is 0 Å². The molecule has 0 saturated heterocycles. The summed E-state index contributed by atoms with van der Waals surface area (Å²) in [6.07, 6.45) is 2.20. The lowest BCUT2D eigenvalue weighted by atomic mass is 10.1. The second kappa shape index (κ2) is 9.11. The van der Waals surface area contributed by atoms with Crippen LogP contribution in [0.25, 0.3) is 0 Å². The van der Waals surface area contributed by atoms with E-state index in [2.05, 4.69) is 26.6 Å². The third-order valence-electron chi connectivity index (χ3n) is 3.18. The molecular formula is C18H15BrClN3O. The topological polar surface area (TPSA) is 64.9 Å². The molecule has 0 heterocycles. The van der Waals surface area contributed by atoms with Crippen LogP contribution in [-0.4, -0.2) is 12.5 Å². The van der Waals surface area contributed by atoms with Gasteiger partial charge in [0.15, 0.2) is 0 Å². The highest BCUT2D eigenvalue weighted by molar-refractivity contribution is 9.10. The minimum atomic E-state index is -0.499. The van der Waals surface area contributed by atoms with Gasteiger partial charge in [0.25, 0.3) is 5.91 Å². The Hall–Kier alpha value is -2.29. The van der Waals surface area contributed by atoms with Gasteiger partial charge in [-0.1, -0.05) is 51.8 Å². The Morgan fingerprint density at radius 2 is 2.04 bits per heavy atom. The lowest BCUT2D eigenvalue weighted by Gasteiger charge is -2.07. The summed E-state index contributed by atoms with van der Waals surface area (Å²) in [5.41, 5.74) is 1.62. The average molecular weight is 405 g/mol. The molecule has 0 aliphatic rings. The second-order valence-corrected chi connectivity index (χ2v) is 6.26. The molecule has 0 atom stereocenters. The standard InChI is InChI=1S/C18H15BrClN3O/c19-15-5-3-4-13(10-15)8-9-22-12-14(11-21)18(24)23-17-7-2-1-6-16(17)20/h1-7,10,12,22H,8-9H2,(H,23,24)/b14-12-. The van der Waals surface area contributed by atoms with E-state index in [4.69, 9.17) is 16.9 Å². The fraction of sp³-hybridized carbons (Fsp3) is 0.111. The van der Waals surface area contributed by atoms with Gasteiger partial charge in [0.05, 0.1) is 10.7 Å². The molecule has 0 aromatic heterocycles. The van der Waals surface area contributed by atoms with Gasteiger partial charge < -0.3 is 10.6 Å². The lowest BCUT2D eigenvalue weighted by molar-refractivity contribution is -0.112. The Balaban J connectivity index is 1.90. The molecule has 24 heavy (non-hydrogen) atoms. The van der Waals surface area contributed by atoms with Crippen LogP contribution in [0.2, 0.25) is 5.02 Å². The van der Waals surface area contributed by atoms with Crippen molar-refractivity contribution in [2.24, 2.45) is 0 Å². The molecule has 1 amide bonds. The monoisotopic (exact) mass is 403 g/mol. The first kappa shape index (κ1) is 18.1. The summed E-state index contributed by atoms with van der Waals surface area (Å²) in [6.45, 7) is 0.612. The number of nitrogens with one attached hydrogen (secondary N) is 2. The molecule has 2 N–H and O–H groups in total. The highest BCUT2D eigenvalue weighted by atomic mass is 79.9. The van der Waals surface area contributed by atoms with Crippen LogP contribution in [-0.2, 0) is 11.2 Å². The molecule has 0 fully saturated rings. The average Bonchev–Trinajstić information content (AvgIpc) is 2.57. The van der Waals surface area contributed by atoms with Crippen LogP contribution in [0.4, 0.5) is 5.69 Å². The van der Waals surface area contributed by atoms with Crippen molar-refractivity contribution < 1.29 is 4.79 Å². The first-order valence-electron chi connectivity index (χ1n) is 7.24. The maximum Gasteiger partial charge on any atom is 0.267 e. The summed E-state index contributed by atoms with van der Waals surface area (Å²) in [7, 11) is 0. The van der Waals surface area contributed by atoms with Crippen molar-refractivity contribution in [2.45, 2.75) is 6.42 Å². The zero-order valence-corrected chi connectivity index (χ0v) is 15.1. The molecule has 0 unspecified atom stereocenters. The molecule has 0 spiro atoms. The van der Waals surface area contributed by atoms with E-state index in [1.54, 1.807) is 24.3 Å². The zero-order chi connectivity index (χ0) is 17.4. The van der Waals surface area contributed by atoms with Crippen LogP contribution in [0.1, 0.15) is 5.56 Å². The zero-order valence-electron chi connectivity index (χ0n) is 12.7. The third-order valence-corrected chi connectivity index (χ3v) is 4.00. The highest BCUT2D eigenvalue weighted by Crippen LogP contribution is 2.20. The minimum Gasteiger partial charge on any atom is -0.389 e. The molecule has 0 saturated carbocycles. The van der Waals surface area contributed by atoms with E-state index < -0.39 is 5.91 Å². The first-order chi connectivity index (χ1) is 11.6. The number of para-hydroxylation sites is 1. The van der Waals surface area contributed by atoms with E-state index in [-0.39, 0.29) is 5.57 Å². The number of hydrogen-bond acceptors (Lipinski definition) is 3. The van der Waals surface area contributed by atoms with E-state index in [1.165, 1.54) is 6.20 Å². The largest absolute Gasteiger partial charge is 0.389 e. The van der Waals surface area contributed by atoms with Crippen LogP contribution in [0.15, 0.2) is 64.8 Å². The van der Waals surface area contributed by atoms with Gasteiger partial charge in [-0.15, -0.1) is 0 Å². The lowest BCUT2D eigenvalue weighted by Crippen LogP contribution is -2.18. The summed E-state index contributed by atoms with van der Waals surface area (Å²) in [5.74, 6) is -0.499. The summed E-state index contributed by atoms with van der Waals surface area (Å²) in [5, 5.41) is 15.2. The molecule has 0 bridgehead atoms. The highest BCUT2D eigenvalue weighted by Gasteiger charge is 2.10. The maximum atomic E-state index is 12.1. The third kappa shape index (κ3) is 5.41. The summed E-state index contributed by atoms with van der Waals surface area (Å²) < 4.78 is 1.02. The number of amides is 1. The van der Waals surface area contributed by atoms with Crippen molar-refractivity contribution >= 4 is 39.1 Å². The smallest absolute Gasteiger partial charge is 0.267 e. The molecule has 0 aliphatic carbocycles. The fourth-order valence-corrected chi connectivity index (χ4v) is 2.61. The van der Waals surface area contributed by atoms with Crippen LogP contribution < -0.4 is 10.6 Å². The van der Waals surface area contributed by atoms with E-state index in [0.717, 1.165) is 16.5 Å². The normalized spacial score (nSPS) is 10.8. The molecule has 122 valence electrons. The van der Waals surface area contributed by atoms with Gasteiger partial charge in [0.2, 0.25) is 0 Å². The number of carbonyl (C=O) groups excluding carboxylic acids is 1. The number of rotatable bonds is 6. The summed E-state index contributed by atoms with van der Waals surface area (Å²) in [6, 6.07) is 16.7. The van der Waals surface area contributed by atoms with Crippen molar-refractivity contribution in [1.82, 2.24) is 5.32 Å². The van der Waals surface area contributed by atoms with Crippen molar-refractivity contribution in [3.8, 4) is 6.07 Å². The van der Waals surface area contributed by atoms with E-state index in [0.29, 0.717) is 17.3 Å². The fourth-order valence-electron chi connectivity index (χ4n) is 1.98. The van der Waals surface area contributed by atoms with Gasteiger partial charge in [0.1, 0.15) is 11.6 Å². The number of halogens is 2. The molecule has 0 radical (unpaired) electrons. The Labute approximate surface area is 154 Å². The Bertz CT molecular complexity index is 799. The van der Waals surface area contributed by atoms with Gasteiger partial charge in [0, 0.05) is 17.2 Å². The van der Waals surface area contributed by atoms with E-state index >= 15 is 0 Å². The SMILES string of the molecule is N#C/C(=C/NCCc1cccc(Br)c1)C(=O)Nc1ccccc1Cl. The van der Waals surface area contributed by atoms with Crippen LogP contribution in [0.5, 0.6) is 0 Å². The Kier molecular flexibility index (Phi) is 6.86. The van der Waals surface area contributed by atoms with Crippen molar-refractivity contribution in [2.75, 3.05) is 11.9 Å². The summed E-state index contributed by atoms with van der Waals surface area (Å²) >= 11 is 9.41. The van der Waals surface area contributed by atoms with Crippen molar-refractivity contribution in [1.29, 1.82) is 5.26 Å². The predicted octanol–water partition coefficient (Wildman–Crippen LogP) is 4.28. The number of carbonyl (C=O) groups is 1. The maximum absolute atomic E-state index is 12.1. The van der Waals surface area contributed by atoms with Crippen molar-refractivity contribution in [3.63, 3.8) is 0 Å². The van der Waals surface area contributed by atoms with Crippen molar-refractivity contribution in [3.05, 3.63) is 75.4 Å². The number of nitriles is 1. The van der Waals surface area contributed by atoms with Crippen LogP contribution in [0, 0.1) is 11.3 Å². The second-order valence-electron chi connectivity index (χ2n) is 4.94. The molecule has 0 aliphatic heterocycles. The van der Waals surface area contributed by atoms with Gasteiger partial charge >= 0.3 is 0 Å². The molecule has 2 aromatic rings. The van der Waals surface area contributed by atoms with E-state index in [9.17, 15) is 4.79 Å². The molecule has 4 nitrogen and oxygen atoms in total. The van der Waals surface area contributed by atoms with E-state index in [1.807, 2.05) is 30.3 Å². The Morgan fingerprint density at radius 1 is 1.25 bits per heavy atom. The number of hydrogen-bond donors (Lipinski definition) is 2. The molecule has 2 aromatic carbocycles. The predicted molar refractivity (Wildman–Crippen MR) is 99.6 cm³/mol. The molecular weight excluding hydrogens is 390 g/mol. The number of anilines is 1. The Morgan fingerprint density at radius 3 is 2.75 bits per heavy atom. The summed E-state index contributed by atoms with van der Waals surface area (Å²) in [4.78, 5) is 12.1. The molecule has 6 heteroatoms. The van der Waals surface area contributed by atoms with Gasteiger partial charge in [-0.3, -0.25) is 4.79 Å². The number of nitrogens with zero attached hydrogens (tertiary/aromatic N) is 1. The van der Waals surface area contributed by atoms with Crippen LogP contribution in [0.3, 0.4) is 0 Å².